The smallest absolute Gasteiger partial charge is 0.264 e. The van der Waals surface area contributed by atoms with E-state index in [1.807, 2.05) is 0 Å². The molecule has 0 heterocycles. The third kappa shape index (κ3) is 2.21. The Morgan fingerprint density at radius 1 is 1.53 bits per heavy atom. The number of ketones is 1. The van der Waals surface area contributed by atoms with Crippen molar-refractivity contribution in [2.24, 2.45) is 0 Å². The molecule has 0 aliphatic rings. The van der Waals surface area contributed by atoms with Gasteiger partial charge in [0, 0.05) is 15.6 Å². The van der Waals surface area contributed by atoms with E-state index in [4.69, 9.17) is 5.26 Å². The van der Waals surface area contributed by atoms with Crippen LogP contribution in [-0.4, -0.2) is 5.78 Å². The average Bonchev–Trinajstić information content (AvgIpc) is 2.16. The third-order valence-corrected chi connectivity index (χ3v) is 2.55. The summed E-state index contributed by atoms with van der Waals surface area (Å²) in [7, 11) is 0. The van der Waals surface area contributed by atoms with Gasteiger partial charge in [-0.1, -0.05) is 6.07 Å². The predicted octanol–water partition coefficient (Wildman–Crippen LogP) is 3.46. The summed E-state index contributed by atoms with van der Waals surface area (Å²) in [5.41, 5.74) is -0.649. The highest BCUT2D eigenvalue weighted by Gasteiger charge is 2.21. The molecule has 15 heavy (non-hydrogen) atoms. The number of carbonyl (C=O) groups excluding carboxylic acids is 1. The van der Waals surface area contributed by atoms with E-state index in [0.717, 1.165) is 13.0 Å². The van der Waals surface area contributed by atoms with Gasteiger partial charge in [0.15, 0.2) is 5.78 Å². The lowest BCUT2D eigenvalue weighted by Crippen LogP contribution is -2.04. The SMILES string of the molecule is CC(=O)c1c(C(F)F)ccc(Br)c1C#N. The Kier molecular flexibility index (Phi) is 3.53. The number of halogens is 3. The Labute approximate surface area is 93.6 Å². The van der Waals surface area contributed by atoms with E-state index in [1.165, 1.54) is 6.07 Å². The quantitative estimate of drug-likeness (QED) is 0.775. The van der Waals surface area contributed by atoms with Crippen molar-refractivity contribution < 1.29 is 13.6 Å². The number of Topliss-reactive ketones (excluding diaryl/α,β-unsaturated/α-hetero) is 1. The number of rotatable bonds is 2. The largest absolute Gasteiger partial charge is 0.294 e. The number of alkyl halides is 2. The summed E-state index contributed by atoms with van der Waals surface area (Å²) in [4.78, 5) is 11.2. The second kappa shape index (κ2) is 4.49. The van der Waals surface area contributed by atoms with Crippen LogP contribution in [0.1, 0.15) is 34.8 Å². The molecule has 78 valence electrons. The van der Waals surface area contributed by atoms with Crippen molar-refractivity contribution in [2.75, 3.05) is 0 Å². The van der Waals surface area contributed by atoms with Gasteiger partial charge in [0.2, 0.25) is 0 Å². The molecule has 1 aromatic rings. The molecule has 0 bridgehead atoms. The minimum Gasteiger partial charge on any atom is -0.294 e. The van der Waals surface area contributed by atoms with Crippen LogP contribution in [0.5, 0.6) is 0 Å². The van der Waals surface area contributed by atoms with Crippen LogP contribution >= 0.6 is 15.9 Å². The van der Waals surface area contributed by atoms with E-state index in [9.17, 15) is 13.6 Å². The molecule has 0 spiro atoms. The molecule has 0 atom stereocenters. The van der Waals surface area contributed by atoms with Gasteiger partial charge in [0.25, 0.3) is 6.43 Å². The van der Waals surface area contributed by atoms with Crippen molar-refractivity contribution in [3.8, 4) is 6.07 Å². The third-order valence-electron chi connectivity index (χ3n) is 1.89. The van der Waals surface area contributed by atoms with Crippen LogP contribution in [0, 0.1) is 11.3 Å². The molecule has 5 heteroatoms. The van der Waals surface area contributed by atoms with Gasteiger partial charge in [-0.3, -0.25) is 4.79 Å². The number of hydrogen-bond donors (Lipinski definition) is 0. The first kappa shape index (κ1) is 11.8. The molecule has 0 aliphatic carbocycles. The maximum absolute atomic E-state index is 12.6. The highest BCUT2D eigenvalue weighted by molar-refractivity contribution is 9.10. The van der Waals surface area contributed by atoms with Crippen LogP contribution < -0.4 is 0 Å². The van der Waals surface area contributed by atoms with Crippen molar-refractivity contribution >= 4 is 21.7 Å². The normalized spacial score (nSPS) is 10.1. The number of nitriles is 1. The minimum atomic E-state index is -2.76. The Bertz CT molecular complexity index is 451. The van der Waals surface area contributed by atoms with Crippen LogP contribution in [0.3, 0.4) is 0 Å². The zero-order chi connectivity index (χ0) is 11.6. The minimum absolute atomic E-state index is 0.0414. The first-order valence-electron chi connectivity index (χ1n) is 4.00. The lowest BCUT2D eigenvalue weighted by atomic mass is 9.99. The van der Waals surface area contributed by atoms with E-state index in [1.54, 1.807) is 6.07 Å². The number of carbonyl (C=O) groups is 1. The van der Waals surface area contributed by atoms with Crippen LogP contribution in [0.15, 0.2) is 16.6 Å². The topological polar surface area (TPSA) is 40.9 Å². The first-order chi connectivity index (χ1) is 6.99. The zero-order valence-corrected chi connectivity index (χ0v) is 9.31. The molecule has 2 nitrogen and oxygen atoms in total. The highest BCUT2D eigenvalue weighted by atomic mass is 79.9. The number of benzene rings is 1. The highest BCUT2D eigenvalue weighted by Crippen LogP contribution is 2.30. The Hall–Kier alpha value is -1.28. The van der Waals surface area contributed by atoms with Crippen molar-refractivity contribution in [2.45, 2.75) is 13.3 Å². The van der Waals surface area contributed by atoms with E-state index >= 15 is 0 Å². The molecule has 0 saturated carbocycles. The summed E-state index contributed by atoms with van der Waals surface area (Å²) >= 11 is 3.04. The van der Waals surface area contributed by atoms with E-state index in [-0.39, 0.29) is 11.1 Å². The first-order valence-corrected chi connectivity index (χ1v) is 4.80. The maximum atomic E-state index is 12.6. The number of nitrogens with zero attached hydrogens (tertiary/aromatic N) is 1. The standard InChI is InChI=1S/C10H6BrF2NO/c1-5(15)9-6(10(12)13)2-3-8(11)7(9)4-14/h2-3,10H,1H3. The van der Waals surface area contributed by atoms with Gasteiger partial charge in [0.1, 0.15) is 6.07 Å². The molecular formula is C10H6BrF2NO. The molecular weight excluding hydrogens is 268 g/mol. The second-order valence-electron chi connectivity index (χ2n) is 2.86. The van der Waals surface area contributed by atoms with Crippen molar-refractivity contribution in [3.05, 3.63) is 33.3 Å². The van der Waals surface area contributed by atoms with Crippen LogP contribution in [0.2, 0.25) is 0 Å². The Morgan fingerprint density at radius 3 is 2.53 bits per heavy atom. The molecule has 0 unspecified atom stereocenters. The fourth-order valence-corrected chi connectivity index (χ4v) is 1.68. The molecule has 0 amide bonds. The van der Waals surface area contributed by atoms with Crippen LogP contribution in [0.4, 0.5) is 8.78 Å². The predicted molar refractivity (Wildman–Crippen MR) is 53.8 cm³/mol. The molecule has 0 radical (unpaired) electrons. The fraction of sp³-hybridized carbons (Fsp3) is 0.200. The zero-order valence-electron chi connectivity index (χ0n) is 7.72. The summed E-state index contributed by atoms with van der Waals surface area (Å²) in [6.45, 7) is 1.16. The molecule has 0 saturated heterocycles. The fourth-order valence-electron chi connectivity index (χ4n) is 1.26. The van der Waals surface area contributed by atoms with Crippen molar-refractivity contribution in [1.29, 1.82) is 5.26 Å². The van der Waals surface area contributed by atoms with Gasteiger partial charge in [-0.2, -0.15) is 5.26 Å². The van der Waals surface area contributed by atoms with E-state index in [2.05, 4.69) is 15.9 Å². The monoisotopic (exact) mass is 273 g/mol. The van der Waals surface area contributed by atoms with Crippen LogP contribution in [0.25, 0.3) is 0 Å². The van der Waals surface area contributed by atoms with Crippen LogP contribution in [-0.2, 0) is 0 Å². The van der Waals surface area contributed by atoms with Gasteiger partial charge < -0.3 is 0 Å². The molecule has 1 rings (SSSR count). The summed E-state index contributed by atoms with van der Waals surface area (Å²) < 4.78 is 25.5. The van der Waals surface area contributed by atoms with Gasteiger partial charge in [-0.25, -0.2) is 8.78 Å². The maximum Gasteiger partial charge on any atom is 0.264 e. The molecule has 1 aromatic carbocycles. The van der Waals surface area contributed by atoms with Gasteiger partial charge in [0.05, 0.1) is 5.56 Å². The Balaban J connectivity index is 3.58. The van der Waals surface area contributed by atoms with Gasteiger partial charge in [-0.05, 0) is 28.9 Å². The van der Waals surface area contributed by atoms with E-state index < -0.39 is 17.8 Å². The Morgan fingerprint density at radius 2 is 2.13 bits per heavy atom. The van der Waals surface area contributed by atoms with E-state index in [0.29, 0.717) is 4.47 Å². The average molecular weight is 274 g/mol. The molecule has 0 N–H and O–H groups in total. The molecule has 0 aromatic heterocycles. The summed E-state index contributed by atoms with van der Waals surface area (Å²) in [6.07, 6.45) is -2.76. The summed E-state index contributed by atoms with van der Waals surface area (Å²) in [5.74, 6) is -0.539. The van der Waals surface area contributed by atoms with Gasteiger partial charge in [-0.15, -0.1) is 0 Å². The number of hydrogen-bond acceptors (Lipinski definition) is 2. The summed E-state index contributed by atoms with van der Waals surface area (Å²) in [5, 5.41) is 8.78. The molecule has 0 aliphatic heterocycles. The lowest BCUT2D eigenvalue weighted by molar-refractivity contribution is 0.0998. The van der Waals surface area contributed by atoms with Crippen molar-refractivity contribution in [1.82, 2.24) is 0 Å². The molecule has 0 fully saturated rings. The van der Waals surface area contributed by atoms with Crippen molar-refractivity contribution in [3.63, 3.8) is 0 Å². The lowest BCUT2D eigenvalue weighted by Gasteiger charge is -2.08. The van der Waals surface area contributed by atoms with Gasteiger partial charge >= 0.3 is 0 Å². The summed E-state index contributed by atoms with van der Waals surface area (Å²) in [6, 6.07) is 4.22. The second-order valence-corrected chi connectivity index (χ2v) is 3.71.